The van der Waals surface area contributed by atoms with Crippen molar-refractivity contribution in [2.24, 2.45) is 0 Å². The monoisotopic (exact) mass is 931 g/mol. The summed E-state index contributed by atoms with van der Waals surface area (Å²) in [5, 5.41) is 72.0. The first-order valence-electron chi connectivity index (χ1n) is 25.9. The van der Waals surface area contributed by atoms with Crippen LogP contribution < -0.4 is 0 Å². The molecule has 0 amide bonds. The van der Waals surface area contributed by atoms with Crippen molar-refractivity contribution in [3.8, 4) is 0 Å². The number of aliphatic hydroxyl groups excluding tert-OH is 7. The summed E-state index contributed by atoms with van der Waals surface area (Å²) in [4.78, 5) is 13.0. The minimum atomic E-state index is -1.70. The lowest BCUT2D eigenvalue weighted by atomic mass is 9.98. The minimum absolute atomic E-state index is 0.0632. The van der Waals surface area contributed by atoms with Crippen molar-refractivity contribution in [1.29, 1.82) is 0 Å². The van der Waals surface area contributed by atoms with Gasteiger partial charge in [0, 0.05) is 13.0 Å². The van der Waals surface area contributed by atoms with E-state index in [4.69, 9.17) is 28.4 Å². The van der Waals surface area contributed by atoms with E-state index < -0.39 is 80.7 Å². The summed E-state index contributed by atoms with van der Waals surface area (Å²) in [7, 11) is 0. The predicted molar refractivity (Wildman–Crippen MR) is 252 cm³/mol. The highest BCUT2D eigenvalue weighted by molar-refractivity contribution is 5.69. The van der Waals surface area contributed by atoms with E-state index in [0.717, 1.165) is 51.4 Å². The van der Waals surface area contributed by atoms with Crippen LogP contribution in [0.15, 0.2) is 24.3 Å². The molecule has 2 aliphatic rings. The Morgan fingerprint density at radius 1 is 0.508 bits per heavy atom. The Labute approximate surface area is 392 Å². The molecule has 14 nitrogen and oxygen atoms in total. The van der Waals surface area contributed by atoms with Gasteiger partial charge in [-0.3, -0.25) is 4.79 Å². The molecule has 0 aliphatic carbocycles. The fraction of sp³-hybridized carbons (Fsp3) is 0.902. The molecule has 0 spiro atoms. The van der Waals surface area contributed by atoms with Crippen LogP contribution in [0.2, 0.25) is 0 Å². The fourth-order valence-corrected chi connectivity index (χ4v) is 8.20. The van der Waals surface area contributed by atoms with Gasteiger partial charge in [0.2, 0.25) is 0 Å². The van der Waals surface area contributed by atoms with Gasteiger partial charge in [-0.25, -0.2) is 0 Å². The highest BCUT2D eigenvalue weighted by Crippen LogP contribution is 2.26. The van der Waals surface area contributed by atoms with Gasteiger partial charge in [-0.05, 0) is 44.9 Å². The Bertz CT molecular complexity index is 1170. The molecule has 0 aromatic carbocycles. The number of rotatable bonds is 41. The molecule has 2 aliphatic heterocycles. The number of hydrogen-bond donors (Lipinski definition) is 7. The van der Waals surface area contributed by atoms with Gasteiger partial charge in [-0.1, -0.05) is 167 Å². The first kappa shape index (κ1) is 59.6. The quantitative estimate of drug-likeness (QED) is 0.0179. The van der Waals surface area contributed by atoms with E-state index in [1.165, 1.54) is 116 Å². The van der Waals surface area contributed by atoms with Crippen LogP contribution in [0.5, 0.6) is 0 Å². The van der Waals surface area contributed by atoms with Crippen LogP contribution in [-0.2, 0) is 33.2 Å². The zero-order valence-electron chi connectivity index (χ0n) is 40.5. The Morgan fingerprint density at radius 3 is 1.48 bits per heavy atom. The van der Waals surface area contributed by atoms with Crippen LogP contribution in [-0.4, -0.2) is 142 Å². The predicted octanol–water partition coefficient (Wildman–Crippen LogP) is 7.63. The van der Waals surface area contributed by atoms with Crippen molar-refractivity contribution in [3.05, 3.63) is 24.3 Å². The lowest BCUT2D eigenvalue weighted by Crippen LogP contribution is -2.61. The second kappa shape index (κ2) is 39.3. The average molecular weight is 931 g/mol. The molecule has 382 valence electrons. The van der Waals surface area contributed by atoms with Crippen molar-refractivity contribution >= 4 is 5.97 Å². The zero-order chi connectivity index (χ0) is 47.3. The Balaban J connectivity index is 1.73. The summed E-state index contributed by atoms with van der Waals surface area (Å²) in [6, 6.07) is 0. The first-order chi connectivity index (χ1) is 31.6. The number of aliphatic hydroxyl groups is 7. The van der Waals surface area contributed by atoms with E-state index in [0.29, 0.717) is 13.0 Å². The largest absolute Gasteiger partial charge is 0.457 e. The first-order valence-corrected chi connectivity index (χ1v) is 25.9. The number of carbonyl (C=O) groups is 1. The summed E-state index contributed by atoms with van der Waals surface area (Å²) in [5.74, 6) is -0.379. The molecule has 0 bridgehead atoms. The number of ether oxygens (including phenoxy) is 6. The van der Waals surface area contributed by atoms with Crippen molar-refractivity contribution < 1.29 is 69.0 Å². The maximum atomic E-state index is 13.0. The van der Waals surface area contributed by atoms with Crippen LogP contribution in [0.25, 0.3) is 0 Å². The van der Waals surface area contributed by atoms with E-state index >= 15 is 0 Å². The van der Waals surface area contributed by atoms with Gasteiger partial charge in [0.15, 0.2) is 12.6 Å². The molecule has 0 radical (unpaired) electrons. The number of hydrogen-bond acceptors (Lipinski definition) is 14. The summed E-state index contributed by atoms with van der Waals surface area (Å²) < 4.78 is 34.2. The Kier molecular flexibility index (Phi) is 36.1. The lowest BCUT2D eigenvalue weighted by molar-refractivity contribution is -0.332. The van der Waals surface area contributed by atoms with Crippen LogP contribution >= 0.6 is 0 Å². The van der Waals surface area contributed by atoms with Crippen molar-refractivity contribution in [3.63, 3.8) is 0 Å². The Morgan fingerprint density at radius 2 is 0.954 bits per heavy atom. The second-order valence-electron chi connectivity index (χ2n) is 18.3. The molecule has 7 N–H and O–H groups in total. The maximum absolute atomic E-state index is 13.0. The second-order valence-corrected chi connectivity index (χ2v) is 18.3. The molecule has 11 atom stereocenters. The molecule has 2 rings (SSSR count). The molecular formula is C51H94O14. The van der Waals surface area contributed by atoms with Crippen LogP contribution in [0.3, 0.4) is 0 Å². The number of unbranched alkanes of at least 4 members (excludes halogenated alkanes) is 23. The van der Waals surface area contributed by atoms with E-state index in [1.807, 2.05) is 0 Å². The standard InChI is InChI=1S/C51H94O14/c1-3-5-7-9-11-13-15-16-17-18-19-20-21-22-23-24-25-26-28-30-32-34-43(53)63-40(37-60-35-33-31-29-27-14-12-10-8-6-4-2)38-61-50-49(59)47(57)45(55)42(65-50)39-62-51-48(58)46(56)44(54)41(36-52)64-51/h15-16,18-19,40-42,44-52,54-59H,3-14,17,20-39H2,1-2H3/b16-15-,19-18-. The zero-order valence-corrected chi connectivity index (χ0v) is 40.5. The van der Waals surface area contributed by atoms with Gasteiger partial charge in [0.05, 0.1) is 26.4 Å². The van der Waals surface area contributed by atoms with Crippen LogP contribution in [0.1, 0.15) is 194 Å². The summed E-state index contributed by atoms with van der Waals surface area (Å²) in [6.45, 7) is 3.67. The van der Waals surface area contributed by atoms with Gasteiger partial charge >= 0.3 is 5.97 Å². The summed E-state index contributed by atoms with van der Waals surface area (Å²) in [5.41, 5.74) is 0. The average Bonchev–Trinajstić information content (AvgIpc) is 3.30. The van der Waals surface area contributed by atoms with Crippen molar-refractivity contribution in [2.75, 3.05) is 33.0 Å². The number of allylic oxidation sites excluding steroid dienone is 4. The molecule has 0 aromatic rings. The highest BCUT2D eigenvalue weighted by Gasteiger charge is 2.47. The number of esters is 1. The third-order valence-electron chi connectivity index (χ3n) is 12.5. The molecule has 0 aromatic heterocycles. The third kappa shape index (κ3) is 27.3. The number of carbonyl (C=O) groups excluding carboxylic acids is 1. The molecule has 0 saturated carbocycles. The third-order valence-corrected chi connectivity index (χ3v) is 12.5. The Hall–Kier alpha value is -1.53. The minimum Gasteiger partial charge on any atom is -0.457 e. The normalized spacial score (nSPS) is 26.7. The molecular weight excluding hydrogens is 837 g/mol. The van der Waals surface area contributed by atoms with Gasteiger partial charge in [0.25, 0.3) is 0 Å². The highest BCUT2D eigenvalue weighted by atomic mass is 16.7. The van der Waals surface area contributed by atoms with Crippen molar-refractivity contribution in [2.45, 2.75) is 261 Å². The van der Waals surface area contributed by atoms with Gasteiger partial charge in [0.1, 0.15) is 54.9 Å². The summed E-state index contributed by atoms with van der Waals surface area (Å²) >= 11 is 0. The molecule has 11 unspecified atom stereocenters. The van der Waals surface area contributed by atoms with Gasteiger partial charge in [-0.15, -0.1) is 0 Å². The molecule has 14 heteroatoms. The van der Waals surface area contributed by atoms with E-state index in [1.54, 1.807) is 0 Å². The molecule has 65 heavy (non-hydrogen) atoms. The smallest absolute Gasteiger partial charge is 0.306 e. The molecule has 2 saturated heterocycles. The van der Waals surface area contributed by atoms with Crippen molar-refractivity contribution in [1.82, 2.24) is 0 Å². The molecule has 2 heterocycles. The maximum Gasteiger partial charge on any atom is 0.306 e. The van der Waals surface area contributed by atoms with E-state index in [-0.39, 0.29) is 25.6 Å². The lowest BCUT2D eigenvalue weighted by Gasteiger charge is -2.42. The summed E-state index contributed by atoms with van der Waals surface area (Å²) in [6.07, 6.45) is 25.3. The SMILES string of the molecule is CCCCCCC/C=C\C/C=C\CCCCCCCCCCCC(=O)OC(COCCCCCCCCCCCC)COC1OC(COC2OC(CO)C(O)C(O)C2O)C(O)C(O)C1O. The van der Waals surface area contributed by atoms with E-state index in [2.05, 4.69) is 38.2 Å². The van der Waals surface area contributed by atoms with Crippen LogP contribution in [0, 0.1) is 0 Å². The van der Waals surface area contributed by atoms with Gasteiger partial charge < -0.3 is 64.2 Å². The van der Waals surface area contributed by atoms with E-state index in [9.17, 15) is 40.5 Å². The topological polar surface area (TPSA) is 214 Å². The fourth-order valence-electron chi connectivity index (χ4n) is 8.20. The van der Waals surface area contributed by atoms with Crippen LogP contribution in [0.4, 0.5) is 0 Å². The molecule has 2 fully saturated rings. The van der Waals surface area contributed by atoms with Gasteiger partial charge in [-0.2, -0.15) is 0 Å².